The summed E-state index contributed by atoms with van der Waals surface area (Å²) in [6, 6.07) is 9.19. The van der Waals surface area contributed by atoms with Gasteiger partial charge in [-0.2, -0.15) is 0 Å². The summed E-state index contributed by atoms with van der Waals surface area (Å²) < 4.78 is 10.7. The average Bonchev–Trinajstić information content (AvgIpc) is 2.81. The number of nitrogens with zero attached hydrogens (tertiary/aromatic N) is 2. The number of carbonyl (C=O) groups excluding carboxylic acids is 3. The first-order valence-corrected chi connectivity index (χ1v) is 12.4. The molecule has 0 atom stereocenters. The van der Waals surface area contributed by atoms with E-state index in [2.05, 4.69) is 23.5 Å². The third kappa shape index (κ3) is 14.1. The fourth-order valence-electron chi connectivity index (χ4n) is 3.34. The molecule has 0 saturated heterocycles. The van der Waals surface area contributed by atoms with Gasteiger partial charge in [0.1, 0.15) is 18.8 Å². The van der Waals surface area contributed by atoms with E-state index < -0.39 is 17.7 Å². The molecule has 2 amide bonds. The Hall–Kier alpha value is -3.42. The van der Waals surface area contributed by atoms with Gasteiger partial charge in [-0.25, -0.2) is 4.79 Å². The van der Waals surface area contributed by atoms with E-state index in [0.29, 0.717) is 12.8 Å². The van der Waals surface area contributed by atoms with Gasteiger partial charge < -0.3 is 14.4 Å². The van der Waals surface area contributed by atoms with Crippen molar-refractivity contribution in [1.29, 1.82) is 0 Å². The monoisotopic (exact) mass is 499 g/mol. The predicted octanol–water partition coefficient (Wildman–Crippen LogP) is 5.54. The summed E-state index contributed by atoms with van der Waals surface area (Å²) in [5.74, 6) is -0.881. The number of rotatable bonds is 15. The second kappa shape index (κ2) is 17.1. The van der Waals surface area contributed by atoms with Gasteiger partial charge >= 0.3 is 12.1 Å². The van der Waals surface area contributed by atoms with Gasteiger partial charge in [-0.15, -0.1) is 18.2 Å². The minimum Gasteiger partial charge on any atom is -0.458 e. The van der Waals surface area contributed by atoms with Gasteiger partial charge in [-0.1, -0.05) is 61.7 Å². The maximum Gasteiger partial charge on any atom is 0.437 e. The molecule has 0 heterocycles. The van der Waals surface area contributed by atoms with E-state index in [0.717, 1.165) is 37.7 Å². The normalized spacial score (nSPS) is 11.4. The number of amides is 2. The van der Waals surface area contributed by atoms with Crippen LogP contribution in [-0.2, 0) is 25.7 Å². The van der Waals surface area contributed by atoms with Crippen LogP contribution >= 0.6 is 0 Å². The molecule has 1 aromatic rings. The molecule has 1 rings (SSSR count). The molecule has 0 aliphatic rings. The molecule has 0 aromatic heterocycles. The maximum absolute atomic E-state index is 12.5. The van der Waals surface area contributed by atoms with Crippen LogP contribution in [0.1, 0.15) is 70.8 Å². The summed E-state index contributed by atoms with van der Waals surface area (Å²) in [7, 11) is 1.55. The standard InChI is InChI=1S/C28H41N3O5/c1-6-8-9-10-11-12-16-19-24(32)29-26(30-27(34)35-22-23-17-14-13-15-18-23)31(5)21-25(33)36-28(3,4)20-7-2/h6-7,13-15,17-18H,1-2,8-12,16,19-22H2,3-5H3,(H,29,30,32,34). The Morgan fingerprint density at radius 3 is 2.36 bits per heavy atom. The highest BCUT2D eigenvalue weighted by atomic mass is 16.6. The van der Waals surface area contributed by atoms with Crippen LogP contribution in [0.25, 0.3) is 0 Å². The van der Waals surface area contributed by atoms with E-state index in [1.807, 2.05) is 36.4 Å². The van der Waals surface area contributed by atoms with Crippen LogP contribution in [0.5, 0.6) is 0 Å². The second-order valence-corrected chi connectivity index (χ2v) is 9.20. The number of carbonyl (C=O) groups is 3. The molecule has 0 aliphatic heterocycles. The van der Waals surface area contributed by atoms with Crippen LogP contribution < -0.4 is 5.32 Å². The minimum absolute atomic E-state index is 0.0394. The third-order valence-corrected chi connectivity index (χ3v) is 5.22. The molecule has 8 nitrogen and oxygen atoms in total. The molecule has 1 N–H and O–H groups in total. The lowest BCUT2D eigenvalue weighted by Crippen LogP contribution is -2.46. The Labute approximate surface area is 215 Å². The van der Waals surface area contributed by atoms with E-state index in [-0.39, 0.29) is 31.4 Å². The van der Waals surface area contributed by atoms with E-state index in [4.69, 9.17) is 9.47 Å². The number of unbranched alkanes of at least 4 members (excludes halogenated alkanes) is 5. The van der Waals surface area contributed by atoms with E-state index in [9.17, 15) is 14.4 Å². The lowest BCUT2D eigenvalue weighted by molar-refractivity contribution is -0.156. The van der Waals surface area contributed by atoms with Crippen LogP contribution in [0.15, 0.2) is 60.6 Å². The zero-order valence-corrected chi connectivity index (χ0v) is 22.0. The van der Waals surface area contributed by atoms with Crippen molar-refractivity contribution in [1.82, 2.24) is 10.2 Å². The fourth-order valence-corrected chi connectivity index (χ4v) is 3.34. The minimum atomic E-state index is -0.872. The van der Waals surface area contributed by atoms with Gasteiger partial charge in [-0.3, -0.25) is 14.9 Å². The van der Waals surface area contributed by atoms with Crippen LogP contribution in [0.4, 0.5) is 4.79 Å². The van der Waals surface area contributed by atoms with E-state index in [1.54, 1.807) is 27.0 Å². The van der Waals surface area contributed by atoms with Crippen LogP contribution in [-0.4, -0.2) is 48.0 Å². The van der Waals surface area contributed by atoms with Gasteiger partial charge in [-0.05, 0) is 38.7 Å². The van der Waals surface area contributed by atoms with Crippen molar-refractivity contribution in [3.05, 3.63) is 61.2 Å². The number of nitrogens with one attached hydrogen (secondary N) is 1. The lowest BCUT2D eigenvalue weighted by Gasteiger charge is -2.26. The molecule has 0 radical (unpaired) electrons. The van der Waals surface area contributed by atoms with Gasteiger partial charge in [0.15, 0.2) is 0 Å². The first-order valence-electron chi connectivity index (χ1n) is 12.4. The Morgan fingerprint density at radius 1 is 1.03 bits per heavy atom. The Balaban J connectivity index is 2.75. The van der Waals surface area contributed by atoms with Crippen LogP contribution in [0.2, 0.25) is 0 Å². The number of hydrogen-bond donors (Lipinski definition) is 1. The molecule has 0 spiro atoms. The molecule has 0 saturated carbocycles. The zero-order chi connectivity index (χ0) is 26.8. The summed E-state index contributed by atoms with van der Waals surface area (Å²) in [6.45, 7) is 10.8. The number of allylic oxidation sites excluding steroid dienone is 1. The van der Waals surface area contributed by atoms with Crippen molar-refractivity contribution in [2.45, 2.75) is 77.4 Å². The van der Waals surface area contributed by atoms with Gasteiger partial charge in [0.05, 0.1) is 0 Å². The van der Waals surface area contributed by atoms with Crippen molar-refractivity contribution < 1.29 is 23.9 Å². The molecule has 0 aliphatic carbocycles. The maximum atomic E-state index is 12.5. The number of hydrogen-bond acceptors (Lipinski definition) is 5. The Morgan fingerprint density at radius 2 is 1.69 bits per heavy atom. The quantitative estimate of drug-likeness (QED) is 0.112. The van der Waals surface area contributed by atoms with Crippen LogP contribution in [0.3, 0.4) is 0 Å². The summed E-state index contributed by atoms with van der Waals surface area (Å²) in [6.07, 6.45) is 9.36. The van der Waals surface area contributed by atoms with Crippen molar-refractivity contribution in [3.63, 3.8) is 0 Å². The highest BCUT2D eigenvalue weighted by molar-refractivity contribution is 6.01. The first kappa shape index (κ1) is 30.6. The number of likely N-dealkylation sites (N-methyl/N-ethyl adjacent to an activating group) is 1. The number of aliphatic imine (C=N–C) groups is 1. The highest BCUT2D eigenvalue weighted by Gasteiger charge is 2.23. The molecular formula is C28H41N3O5. The molecule has 0 unspecified atom stereocenters. The molecule has 198 valence electrons. The average molecular weight is 500 g/mol. The molecular weight excluding hydrogens is 458 g/mol. The van der Waals surface area contributed by atoms with E-state index in [1.165, 1.54) is 4.90 Å². The SMILES string of the molecule is C=CCCCCCCCC(=O)N/C(=N/C(=O)OCc1ccccc1)N(C)CC(=O)OC(C)(C)CC=C. The summed E-state index contributed by atoms with van der Waals surface area (Å²) >= 11 is 0. The van der Waals surface area contributed by atoms with Crippen molar-refractivity contribution in [3.8, 4) is 0 Å². The topological polar surface area (TPSA) is 97.3 Å². The van der Waals surface area contributed by atoms with Crippen molar-refractivity contribution >= 4 is 23.9 Å². The Bertz CT molecular complexity index is 880. The van der Waals surface area contributed by atoms with Crippen molar-refractivity contribution in [2.24, 2.45) is 4.99 Å². The molecule has 0 bridgehead atoms. The van der Waals surface area contributed by atoms with Gasteiger partial charge in [0.2, 0.25) is 11.9 Å². The number of guanidine groups is 1. The zero-order valence-electron chi connectivity index (χ0n) is 22.0. The van der Waals surface area contributed by atoms with Crippen molar-refractivity contribution in [2.75, 3.05) is 13.6 Å². The third-order valence-electron chi connectivity index (χ3n) is 5.22. The van der Waals surface area contributed by atoms with E-state index >= 15 is 0 Å². The highest BCUT2D eigenvalue weighted by Crippen LogP contribution is 2.15. The summed E-state index contributed by atoms with van der Waals surface area (Å²) in [5.41, 5.74) is 0.0849. The first-order chi connectivity index (χ1) is 17.2. The number of benzene rings is 1. The van der Waals surface area contributed by atoms with Crippen LogP contribution in [0, 0.1) is 0 Å². The largest absolute Gasteiger partial charge is 0.458 e. The lowest BCUT2D eigenvalue weighted by atomic mass is 10.1. The molecule has 36 heavy (non-hydrogen) atoms. The smallest absolute Gasteiger partial charge is 0.437 e. The predicted molar refractivity (Wildman–Crippen MR) is 142 cm³/mol. The summed E-state index contributed by atoms with van der Waals surface area (Å²) in [4.78, 5) is 42.7. The fraction of sp³-hybridized carbons (Fsp3) is 0.500. The Kier molecular flexibility index (Phi) is 14.5. The second-order valence-electron chi connectivity index (χ2n) is 9.20. The molecule has 8 heteroatoms. The summed E-state index contributed by atoms with van der Waals surface area (Å²) in [5, 5.41) is 2.65. The molecule has 0 fully saturated rings. The number of ether oxygens (including phenoxy) is 2. The van der Waals surface area contributed by atoms with Gasteiger partial charge in [0.25, 0.3) is 0 Å². The van der Waals surface area contributed by atoms with Gasteiger partial charge in [0, 0.05) is 19.9 Å². The number of esters is 1. The molecule has 1 aromatic carbocycles.